The Balaban J connectivity index is 1.62. The van der Waals surface area contributed by atoms with Crippen LogP contribution in [0.3, 0.4) is 0 Å². The van der Waals surface area contributed by atoms with Crippen LogP contribution in [0, 0.1) is 0 Å². The average molecular weight is 326 g/mol. The van der Waals surface area contributed by atoms with Crippen LogP contribution < -0.4 is 4.74 Å². The molecule has 1 aliphatic rings. The third-order valence-corrected chi connectivity index (χ3v) is 3.50. The van der Waals surface area contributed by atoms with Crippen LogP contribution in [0.4, 0.5) is 0 Å². The Hall–Kier alpha value is -2.89. The molecule has 0 bridgehead atoms. The van der Waals surface area contributed by atoms with Crippen LogP contribution in [0.25, 0.3) is 0 Å². The predicted molar refractivity (Wildman–Crippen MR) is 87.7 cm³/mol. The molecular formula is C18H18N2O4. The van der Waals surface area contributed by atoms with Gasteiger partial charge in [0, 0.05) is 18.2 Å². The molecule has 124 valence electrons. The molecule has 0 fully saturated rings. The maximum absolute atomic E-state index is 11.7. The normalized spacial score (nSPS) is 16.2. The third kappa shape index (κ3) is 3.90. The number of esters is 1. The van der Waals surface area contributed by atoms with E-state index in [0.717, 1.165) is 11.3 Å². The molecular weight excluding hydrogens is 308 g/mol. The Morgan fingerprint density at radius 1 is 1.29 bits per heavy atom. The van der Waals surface area contributed by atoms with Gasteiger partial charge in [-0.05, 0) is 31.2 Å². The van der Waals surface area contributed by atoms with Gasteiger partial charge in [0.2, 0.25) is 6.10 Å². The monoisotopic (exact) mass is 326 g/mol. The summed E-state index contributed by atoms with van der Waals surface area (Å²) in [5.74, 6) is 0.319. The van der Waals surface area contributed by atoms with Crippen molar-refractivity contribution in [3.05, 3.63) is 59.9 Å². The van der Waals surface area contributed by atoms with Crippen LogP contribution in [-0.4, -0.2) is 29.4 Å². The summed E-state index contributed by atoms with van der Waals surface area (Å²) >= 11 is 0. The number of rotatable bonds is 6. The van der Waals surface area contributed by atoms with E-state index in [1.165, 1.54) is 0 Å². The number of carbonyl (C=O) groups excluding carboxylic acids is 1. The minimum atomic E-state index is -0.668. The molecule has 1 aliphatic heterocycles. The first-order valence-electron chi connectivity index (χ1n) is 7.78. The summed E-state index contributed by atoms with van der Waals surface area (Å²) in [6.45, 7) is 2.47. The number of ether oxygens (including phenoxy) is 2. The summed E-state index contributed by atoms with van der Waals surface area (Å²) in [6, 6.07) is 13.2. The van der Waals surface area contributed by atoms with Crippen molar-refractivity contribution in [1.82, 2.24) is 4.98 Å². The molecule has 0 aliphatic carbocycles. The number of pyridine rings is 1. The summed E-state index contributed by atoms with van der Waals surface area (Å²) in [5, 5.41) is 4.00. The van der Waals surface area contributed by atoms with E-state index in [0.29, 0.717) is 31.1 Å². The summed E-state index contributed by atoms with van der Waals surface area (Å²) in [6.07, 6.45) is 1.45. The van der Waals surface area contributed by atoms with E-state index in [-0.39, 0.29) is 5.97 Å². The van der Waals surface area contributed by atoms with Gasteiger partial charge in [0.25, 0.3) is 0 Å². The van der Waals surface area contributed by atoms with Gasteiger partial charge < -0.3 is 14.3 Å². The van der Waals surface area contributed by atoms with Crippen molar-refractivity contribution in [2.75, 3.05) is 6.61 Å². The summed E-state index contributed by atoms with van der Waals surface area (Å²) in [4.78, 5) is 21.1. The van der Waals surface area contributed by atoms with Crippen molar-refractivity contribution in [2.45, 2.75) is 26.1 Å². The standard InChI is InChI=1S/C18H18N2O4/c1-2-22-18(21)17-11-16(20-24-17)13-6-5-8-15(10-13)23-12-14-7-3-4-9-19-14/h3-10,17H,2,11-12H2,1H3. The fraction of sp³-hybridized carbons (Fsp3) is 0.278. The molecule has 1 aromatic carbocycles. The lowest BCUT2D eigenvalue weighted by molar-refractivity contribution is -0.154. The van der Waals surface area contributed by atoms with E-state index < -0.39 is 6.10 Å². The molecule has 0 amide bonds. The maximum atomic E-state index is 11.7. The first-order valence-corrected chi connectivity index (χ1v) is 7.78. The first kappa shape index (κ1) is 16.0. The summed E-state index contributed by atoms with van der Waals surface area (Å²) < 4.78 is 10.7. The highest BCUT2D eigenvalue weighted by Gasteiger charge is 2.30. The van der Waals surface area contributed by atoms with Gasteiger partial charge in [0.1, 0.15) is 12.4 Å². The van der Waals surface area contributed by atoms with Crippen LogP contribution in [0.2, 0.25) is 0 Å². The van der Waals surface area contributed by atoms with Crippen LogP contribution in [0.1, 0.15) is 24.6 Å². The molecule has 24 heavy (non-hydrogen) atoms. The van der Waals surface area contributed by atoms with Gasteiger partial charge in [-0.2, -0.15) is 0 Å². The molecule has 0 saturated heterocycles. The molecule has 0 N–H and O–H groups in total. The quantitative estimate of drug-likeness (QED) is 0.763. The van der Waals surface area contributed by atoms with Gasteiger partial charge in [-0.1, -0.05) is 23.4 Å². The molecule has 3 rings (SSSR count). The molecule has 6 nitrogen and oxygen atoms in total. The number of hydrogen-bond donors (Lipinski definition) is 0. The maximum Gasteiger partial charge on any atom is 0.350 e. The Labute approximate surface area is 140 Å². The lowest BCUT2D eigenvalue weighted by Crippen LogP contribution is -2.23. The Morgan fingerprint density at radius 3 is 3.00 bits per heavy atom. The highest BCUT2D eigenvalue weighted by Crippen LogP contribution is 2.21. The Bertz CT molecular complexity index is 731. The number of aromatic nitrogens is 1. The zero-order valence-corrected chi connectivity index (χ0v) is 13.3. The molecule has 1 unspecified atom stereocenters. The van der Waals surface area contributed by atoms with E-state index in [4.69, 9.17) is 14.3 Å². The topological polar surface area (TPSA) is 70.0 Å². The van der Waals surface area contributed by atoms with Gasteiger partial charge in [-0.25, -0.2) is 4.79 Å². The van der Waals surface area contributed by atoms with Gasteiger partial charge in [-0.3, -0.25) is 4.98 Å². The van der Waals surface area contributed by atoms with E-state index in [9.17, 15) is 4.79 Å². The predicted octanol–water partition coefficient (Wildman–Crippen LogP) is 2.72. The molecule has 6 heteroatoms. The number of benzene rings is 1. The fourth-order valence-corrected chi connectivity index (χ4v) is 2.32. The highest BCUT2D eigenvalue weighted by atomic mass is 16.7. The van der Waals surface area contributed by atoms with Gasteiger partial charge in [-0.15, -0.1) is 0 Å². The van der Waals surface area contributed by atoms with Crippen LogP contribution in [0.15, 0.2) is 53.8 Å². The second-order valence-corrected chi connectivity index (χ2v) is 5.23. The van der Waals surface area contributed by atoms with E-state index in [2.05, 4.69) is 10.1 Å². The SMILES string of the molecule is CCOC(=O)C1CC(c2cccc(OCc3ccccn3)c2)=NO1. The second kappa shape index (κ2) is 7.59. The largest absolute Gasteiger partial charge is 0.487 e. The van der Waals surface area contributed by atoms with E-state index >= 15 is 0 Å². The Kier molecular flexibility index (Phi) is 5.05. The molecule has 0 spiro atoms. The number of hydrogen-bond acceptors (Lipinski definition) is 6. The fourth-order valence-electron chi connectivity index (χ4n) is 2.32. The van der Waals surface area contributed by atoms with E-state index in [1.54, 1.807) is 13.1 Å². The molecule has 2 aromatic rings. The minimum Gasteiger partial charge on any atom is -0.487 e. The zero-order chi connectivity index (χ0) is 16.8. The first-order chi connectivity index (χ1) is 11.8. The van der Waals surface area contributed by atoms with Crippen LogP contribution in [-0.2, 0) is 21.0 Å². The molecule has 2 heterocycles. The number of oxime groups is 1. The molecule has 1 atom stereocenters. The van der Waals surface area contributed by atoms with Crippen LogP contribution >= 0.6 is 0 Å². The van der Waals surface area contributed by atoms with Crippen molar-refractivity contribution >= 4 is 11.7 Å². The van der Waals surface area contributed by atoms with Crippen LogP contribution in [0.5, 0.6) is 5.75 Å². The molecule has 1 aromatic heterocycles. The summed E-state index contributed by atoms with van der Waals surface area (Å²) in [5.41, 5.74) is 2.42. The molecule has 0 radical (unpaired) electrons. The lowest BCUT2D eigenvalue weighted by Gasteiger charge is -2.08. The zero-order valence-electron chi connectivity index (χ0n) is 13.3. The summed E-state index contributed by atoms with van der Waals surface area (Å²) in [7, 11) is 0. The molecule has 0 saturated carbocycles. The highest BCUT2D eigenvalue weighted by molar-refractivity contribution is 6.03. The van der Waals surface area contributed by atoms with Crippen molar-refractivity contribution < 1.29 is 19.1 Å². The van der Waals surface area contributed by atoms with Crippen molar-refractivity contribution in [3.63, 3.8) is 0 Å². The van der Waals surface area contributed by atoms with Gasteiger partial charge >= 0.3 is 5.97 Å². The smallest absolute Gasteiger partial charge is 0.350 e. The van der Waals surface area contributed by atoms with Crippen molar-refractivity contribution in [1.29, 1.82) is 0 Å². The number of nitrogens with zero attached hydrogens (tertiary/aromatic N) is 2. The van der Waals surface area contributed by atoms with Gasteiger partial charge in [0.05, 0.1) is 18.0 Å². The average Bonchev–Trinajstić information content (AvgIpc) is 3.12. The lowest BCUT2D eigenvalue weighted by atomic mass is 10.0. The minimum absolute atomic E-state index is 0.324. The van der Waals surface area contributed by atoms with Gasteiger partial charge in [0.15, 0.2) is 0 Å². The Morgan fingerprint density at radius 2 is 2.21 bits per heavy atom. The third-order valence-electron chi connectivity index (χ3n) is 3.50. The van der Waals surface area contributed by atoms with E-state index in [1.807, 2.05) is 42.5 Å². The van der Waals surface area contributed by atoms with Crippen molar-refractivity contribution in [3.8, 4) is 5.75 Å². The second-order valence-electron chi connectivity index (χ2n) is 5.23. The number of carbonyl (C=O) groups is 1. The van der Waals surface area contributed by atoms with Crippen molar-refractivity contribution in [2.24, 2.45) is 5.16 Å².